The first-order chi connectivity index (χ1) is 15.5. The third-order valence-electron chi connectivity index (χ3n) is 5.44. The molecule has 0 amide bonds. The highest BCUT2D eigenvalue weighted by atomic mass is 35.5. The molecule has 2 heterocycles. The molecule has 1 aliphatic rings. The summed E-state index contributed by atoms with van der Waals surface area (Å²) in [6.07, 6.45) is 8.54. The predicted molar refractivity (Wildman–Crippen MR) is 133 cm³/mol. The molecule has 2 aromatic carbocycles. The Morgan fingerprint density at radius 1 is 1.00 bits per heavy atom. The summed E-state index contributed by atoms with van der Waals surface area (Å²) in [5, 5.41) is 15.2. The fraction of sp³-hybridized carbons (Fsp3) is 0.250. The number of benzene rings is 2. The first-order valence-electron chi connectivity index (χ1n) is 10.6. The number of aliphatic hydroxyl groups excluding tert-OH is 1. The van der Waals surface area contributed by atoms with E-state index in [4.69, 9.17) is 0 Å². The Hall–Kier alpha value is -2.78. The average molecular weight is 487 g/mol. The van der Waals surface area contributed by atoms with Crippen molar-refractivity contribution in [3.63, 3.8) is 0 Å². The summed E-state index contributed by atoms with van der Waals surface area (Å²) >= 11 is 0. The van der Waals surface area contributed by atoms with Gasteiger partial charge in [-0.25, -0.2) is 18.4 Å². The number of halogens is 1. The van der Waals surface area contributed by atoms with Gasteiger partial charge in [-0.3, -0.25) is 0 Å². The lowest BCUT2D eigenvalue weighted by molar-refractivity contribution is 0.282. The van der Waals surface area contributed by atoms with Gasteiger partial charge in [0, 0.05) is 23.6 Å². The summed E-state index contributed by atoms with van der Waals surface area (Å²) in [5.41, 5.74) is 3.41. The lowest BCUT2D eigenvalue weighted by Crippen LogP contribution is -2.35. The van der Waals surface area contributed by atoms with Gasteiger partial charge in [-0.15, -0.1) is 12.4 Å². The van der Waals surface area contributed by atoms with Crippen molar-refractivity contribution < 1.29 is 13.5 Å². The summed E-state index contributed by atoms with van der Waals surface area (Å²) < 4.78 is 25.6. The van der Waals surface area contributed by atoms with Crippen molar-refractivity contribution in [2.45, 2.75) is 29.6 Å². The second-order valence-electron chi connectivity index (χ2n) is 7.72. The minimum absolute atomic E-state index is 0. The molecule has 33 heavy (non-hydrogen) atoms. The van der Waals surface area contributed by atoms with Gasteiger partial charge in [0.2, 0.25) is 5.95 Å². The average Bonchev–Trinajstić information content (AvgIpc) is 2.84. The molecule has 0 bridgehead atoms. The highest BCUT2D eigenvalue weighted by molar-refractivity contribution is 7.92. The number of hydrogen-bond acceptors (Lipinski definition) is 7. The summed E-state index contributed by atoms with van der Waals surface area (Å²) in [5.74, 6) is 0.429. The molecular weight excluding hydrogens is 460 g/mol. The number of rotatable bonds is 7. The van der Waals surface area contributed by atoms with E-state index >= 15 is 0 Å². The summed E-state index contributed by atoms with van der Waals surface area (Å²) in [4.78, 5) is 9.00. The van der Waals surface area contributed by atoms with E-state index in [2.05, 4.69) is 20.6 Å². The van der Waals surface area contributed by atoms with Crippen LogP contribution in [-0.2, 0) is 16.4 Å². The van der Waals surface area contributed by atoms with Gasteiger partial charge in [0.05, 0.1) is 16.8 Å². The molecule has 4 rings (SSSR count). The van der Waals surface area contributed by atoms with E-state index in [9.17, 15) is 13.5 Å². The molecule has 0 unspecified atom stereocenters. The lowest BCUT2D eigenvalue weighted by Gasteiger charge is -2.22. The van der Waals surface area contributed by atoms with Crippen LogP contribution in [0.5, 0.6) is 0 Å². The predicted octanol–water partition coefficient (Wildman–Crippen LogP) is 3.83. The van der Waals surface area contributed by atoms with Gasteiger partial charge in [0.15, 0.2) is 9.84 Å². The molecule has 7 nitrogen and oxygen atoms in total. The number of anilines is 2. The fourth-order valence-corrected chi connectivity index (χ4v) is 5.39. The van der Waals surface area contributed by atoms with Gasteiger partial charge in [-0.2, -0.15) is 0 Å². The normalized spacial score (nSPS) is 14.7. The maximum absolute atomic E-state index is 12.8. The highest BCUT2D eigenvalue weighted by Crippen LogP contribution is 2.24. The first kappa shape index (κ1) is 24.9. The topological polar surface area (TPSA) is 104 Å². The molecule has 9 heteroatoms. The second kappa shape index (κ2) is 11.4. The maximum atomic E-state index is 12.8. The molecule has 1 aromatic heterocycles. The zero-order valence-corrected chi connectivity index (χ0v) is 19.6. The van der Waals surface area contributed by atoms with Crippen molar-refractivity contribution in [2.75, 3.05) is 18.4 Å². The minimum Gasteiger partial charge on any atom is -0.392 e. The molecule has 3 aromatic rings. The number of sulfone groups is 1. The fourth-order valence-electron chi connectivity index (χ4n) is 3.63. The van der Waals surface area contributed by atoms with Crippen molar-refractivity contribution >= 4 is 46.0 Å². The van der Waals surface area contributed by atoms with E-state index < -0.39 is 9.84 Å². The molecule has 0 aliphatic carbocycles. The van der Waals surface area contributed by atoms with E-state index in [1.807, 2.05) is 36.4 Å². The highest BCUT2D eigenvalue weighted by Gasteiger charge is 2.28. The van der Waals surface area contributed by atoms with Crippen LogP contribution in [0.1, 0.15) is 29.5 Å². The van der Waals surface area contributed by atoms with Crippen LogP contribution in [-0.4, -0.2) is 41.8 Å². The van der Waals surface area contributed by atoms with Gasteiger partial charge >= 0.3 is 0 Å². The number of hydrogen-bond donors (Lipinski definition) is 3. The van der Waals surface area contributed by atoms with E-state index in [0.717, 1.165) is 35.5 Å². The summed E-state index contributed by atoms with van der Waals surface area (Å²) in [6, 6.07) is 14.4. The Morgan fingerprint density at radius 2 is 1.67 bits per heavy atom. The van der Waals surface area contributed by atoms with Crippen LogP contribution in [0.25, 0.3) is 12.2 Å². The van der Waals surface area contributed by atoms with Crippen LogP contribution in [0.3, 0.4) is 0 Å². The summed E-state index contributed by atoms with van der Waals surface area (Å²) in [6.45, 7) is 1.48. The third kappa shape index (κ3) is 6.39. The molecule has 0 atom stereocenters. The molecule has 3 N–H and O–H groups in total. The van der Waals surface area contributed by atoms with Crippen LogP contribution in [0.15, 0.2) is 65.8 Å². The van der Waals surface area contributed by atoms with Gasteiger partial charge in [0.1, 0.15) is 0 Å². The molecule has 174 valence electrons. The van der Waals surface area contributed by atoms with Crippen LogP contribution >= 0.6 is 12.4 Å². The Kier molecular flexibility index (Phi) is 8.57. The van der Waals surface area contributed by atoms with Crippen LogP contribution in [0, 0.1) is 0 Å². The Balaban J connectivity index is 0.00000306. The largest absolute Gasteiger partial charge is 0.392 e. The number of nitrogens with zero attached hydrogens (tertiary/aromatic N) is 2. The van der Waals surface area contributed by atoms with Crippen molar-refractivity contribution in [2.24, 2.45) is 0 Å². The van der Waals surface area contributed by atoms with Crippen LogP contribution < -0.4 is 10.6 Å². The van der Waals surface area contributed by atoms with Crippen molar-refractivity contribution in [3.8, 4) is 0 Å². The third-order valence-corrected chi connectivity index (χ3v) is 7.72. The maximum Gasteiger partial charge on any atom is 0.227 e. The molecular formula is C24H27ClN4O3S. The summed E-state index contributed by atoms with van der Waals surface area (Å²) in [7, 11) is -3.31. The van der Waals surface area contributed by atoms with Crippen LogP contribution in [0.2, 0.25) is 0 Å². The molecule has 1 saturated heterocycles. The van der Waals surface area contributed by atoms with Gasteiger partial charge < -0.3 is 15.7 Å². The SMILES string of the molecule is Cl.O=S(=O)(c1ccc(Nc2ncc(C=Cc3cccc(CO)c3)cn2)cc1)C1CCNCC1. The number of piperidine rings is 1. The molecule has 1 fully saturated rings. The van der Waals surface area contributed by atoms with Crippen LogP contribution in [0.4, 0.5) is 11.6 Å². The standard InChI is InChI=1S/C24H26N4O3S.ClH/c29-17-19-3-1-2-18(14-19)4-5-20-15-26-24(27-16-20)28-21-6-8-22(9-7-21)32(30,31)23-10-12-25-13-11-23;/h1-9,14-16,23,25,29H,10-13,17H2,(H,26,27,28);1H. The second-order valence-corrected chi connectivity index (χ2v) is 9.95. The minimum atomic E-state index is -3.31. The van der Waals surface area contributed by atoms with E-state index in [0.29, 0.717) is 23.7 Å². The monoisotopic (exact) mass is 486 g/mol. The Labute approximate surface area is 200 Å². The molecule has 0 radical (unpaired) electrons. The molecule has 1 aliphatic heterocycles. The first-order valence-corrected chi connectivity index (χ1v) is 12.1. The number of aromatic nitrogens is 2. The van der Waals surface area contributed by atoms with Gasteiger partial charge in [0.25, 0.3) is 0 Å². The van der Waals surface area contributed by atoms with E-state index in [1.165, 1.54) is 0 Å². The molecule has 0 saturated carbocycles. The van der Waals surface area contributed by atoms with Crippen molar-refractivity contribution in [3.05, 3.63) is 77.6 Å². The Morgan fingerprint density at radius 3 is 2.33 bits per heavy atom. The quantitative estimate of drug-likeness (QED) is 0.466. The van der Waals surface area contributed by atoms with Gasteiger partial charge in [-0.1, -0.05) is 30.4 Å². The number of aliphatic hydroxyl groups is 1. The van der Waals surface area contributed by atoms with E-state index in [1.54, 1.807) is 36.7 Å². The Bertz CT molecular complexity index is 1180. The van der Waals surface area contributed by atoms with E-state index in [-0.39, 0.29) is 24.3 Å². The zero-order chi connectivity index (χ0) is 22.4. The molecule has 0 spiro atoms. The van der Waals surface area contributed by atoms with Gasteiger partial charge in [-0.05, 0) is 67.4 Å². The zero-order valence-electron chi connectivity index (χ0n) is 18.0. The lowest BCUT2D eigenvalue weighted by atomic mass is 10.1. The number of nitrogens with one attached hydrogen (secondary N) is 2. The van der Waals surface area contributed by atoms with Crippen molar-refractivity contribution in [1.82, 2.24) is 15.3 Å². The smallest absolute Gasteiger partial charge is 0.227 e. The van der Waals surface area contributed by atoms with Crippen molar-refractivity contribution in [1.29, 1.82) is 0 Å².